The molecule has 0 bridgehead atoms. The predicted octanol–water partition coefficient (Wildman–Crippen LogP) is 7.92. The zero-order valence-electron chi connectivity index (χ0n) is 16.0. The Hall–Kier alpha value is -3.12. The second-order valence-corrected chi connectivity index (χ2v) is 7.69. The highest BCUT2D eigenvalue weighted by Crippen LogP contribution is 2.33. The average Bonchev–Trinajstić information content (AvgIpc) is 2.78. The lowest BCUT2D eigenvalue weighted by molar-refractivity contribution is 0.290. The van der Waals surface area contributed by atoms with E-state index in [2.05, 4.69) is 15.9 Å². The lowest BCUT2D eigenvalue weighted by atomic mass is 9.99. The molecule has 4 aromatic carbocycles. The molecule has 0 spiro atoms. The summed E-state index contributed by atoms with van der Waals surface area (Å²) in [6.07, 6.45) is 0. The minimum absolute atomic E-state index is 0.0455. The van der Waals surface area contributed by atoms with E-state index in [-0.39, 0.29) is 28.0 Å². The van der Waals surface area contributed by atoms with Gasteiger partial charge in [-0.25, -0.2) is 17.6 Å². The van der Waals surface area contributed by atoms with Gasteiger partial charge in [-0.15, -0.1) is 0 Å². The standard InChI is InChI=1S/C25H15BrF4O/c26-20-10-9-19(24(29)25(20)30)18-8-6-16(12-21(18)27)17-7-11-23(22(28)13-17)31-14-15-4-2-1-3-5-15/h1-13H,14H2. The van der Waals surface area contributed by atoms with Gasteiger partial charge in [-0.05, 0) is 63.0 Å². The van der Waals surface area contributed by atoms with E-state index in [1.165, 1.54) is 36.4 Å². The number of hydrogen-bond donors (Lipinski definition) is 0. The summed E-state index contributed by atoms with van der Waals surface area (Å²) in [5.74, 6) is -3.49. The van der Waals surface area contributed by atoms with E-state index in [1.54, 1.807) is 6.07 Å². The van der Waals surface area contributed by atoms with E-state index < -0.39 is 23.3 Å². The van der Waals surface area contributed by atoms with Crippen LogP contribution in [0.4, 0.5) is 17.6 Å². The molecule has 156 valence electrons. The number of benzene rings is 4. The first-order chi connectivity index (χ1) is 14.9. The summed E-state index contributed by atoms with van der Waals surface area (Å²) in [7, 11) is 0. The molecular formula is C25H15BrF4O. The zero-order chi connectivity index (χ0) is 22.0. The third kappa shape index (κ3) is 4.49. The van der Waals surface area contributed by atoms with E-state index in [0.29, 0.717) is 11.1 Å². The van der Waals surface area contributed by atoms with Crippen LogP contribution in [-0.2, 0) is 6.61 Å². The largest absolute Gasteiger partial charge is 0.486 e. The van der Waals surface area contributed by atoms with Crippen molar-refractivity contribution >= 4 is 15.9 Å². The maximum absolute atomic E-state index is 14.7. The van der Waals surface area contributed by atoms with Gasteiger partial charge in [-0.3, -0.25) is 0 Å². The molecule has 0 aliphatic rings. The van der Waals surface area contributed by atoms with E-state index >= 15 is 0 Å². The molecule has 6 heteroatoms. The molecule has 0 aliphatic carbocycles. The van der Waals surface area contributed by atoms with Gasteiger partial charge >= 0.3 is 0 Å². The lowest BCUT2D eigenvalue weighted by Crippen LogP contribution is -1.97. The highest BCUT2D eigenvalue weighted by atomic mass is 79.9. The lowest BCUT2D eigenvalue weighted by Gasteiger charge is -2.11. The summed E-state index contributed by atoms with van der Waals surface area (Å²) in [5, 5.41) is 0. The van der Waals surface area contributed by atoms with E-state index in [1.807, 2.05) is 30.3 Å². The fourth-order valence-electron chi connectivity index (χ4n) is 3.18. The molecule has 0 aliphatic heterocycles. The number of rotatable bonds is 5. The molecule has 0 atom stereocenters. The van der Waals surface area contributed by atoms with E-state index in [4.69, 9.17) is 4.74 Å². The normalized spacial score (nSPS) is 10.9. The van der Waals surface area contributed by atoms with Gasteiger partial charge < -0.3 is 4.74 Å². The molecule has 1 nitrogen and oxygen atoms in total. The number of ether oxygens (including phenoxy) is 1. The van der Waals surface area contributed by atoms with Crippen LogP contribution in [0.2, 0.25) is 0 Å². The molecule has 0 saturated heterocycles. The van der Waals surface area contributed by atoms with Gasteiger partial charge in [0.1, 0.15) is 12.4 Å². The van der Waals surface area contributed by atoms with Crippen molar-refractivity contribution in [3.8, 4) is 28.0 Å². The van der Waals surface area contributed by atoms with Crippen molar-refractivity contribution < 1.29 is 22.3 Å². The van der Waals surface area contributed by atoms with Crippen LogP contribution in [0.15, 0.2) is 83.3 Å². The fraction of sp³-hybridized carbons (Fsp3) is 0.0400. The average molecular weight is 487 g/mol. The summed E-state index contributed by atoms with van der Waals surface area (Å²) < 4.78 is 62.7. The van der Waals surface area contributed by atoms with Crippen LogP contribution in [0, 0.1) is 23.3 Å². The number of hydrogen-bond acceptors (Lipinski definition) is 1. The predicted molar refractivity (Wildman–Crippen MR) is 116 cm³/mol. The van der Waals surface area contributed by atoms with Gasteiger partial charge in [0.2, 0.25) is 0 Å². The van der Waals surface area contributed by atoms with Gasteiger partial charge in [0.15, 0.2) is 23.2 Å². The van der Waals surface area contributed by atoms with Gasteiger partial charge in [-0.2, -0.15) is 0 Å². The first kappa shape index (κ1) is 21.1. The maximum atomic E-state index is 14.7. The second-order valence-electron chi connectivity index (χ2n) is 6.84. The van der Waals surface area contributed by atoms with Gasteiger partial charge in [0.05, 0.1) is 4.47 Å². The molecular weight excluding hydrogens is 472 g/mol. The van der Waals surface area contributed by atoms with Crippen molar-refractivity contribution in [3.63, 3.8) is 0 Å². The monoisotopic (exact) mass is 486 g/mol. The maximum Gasteiger partial charge on any atom is 0.173 e. The quantitative estimate of drug-likeness (QED) is 0.205. The molecule has 31 heavy (non-hydrogen) atoms. The van der Waals surface area contributed by atoms with Gasteiger partial charge in [0.25, 0.3) is 0 Å². The molecule has 4 rings (SSSR count). The van der Waals surface area contributed by atoms with Gasteiger partial charge in [0, 0.05) is 11.1 Å². The third-order valence-electron chi connectivity index (χ3n) is 4.80. The van der Waals surface area contributed by atoms with Crippen LogP contribution in [0.1, 0.15) is 5.56 Å². The zero-order valence-corrected chi connectivity index (χ0v) is 17.6. The molecule has 0 unspecified atom stereocenters. The number of halogens is 5. The Balaban J connectivity index is 1.58. The topological polar surface area (TPSA) is 9.23 Å². The Labute approximate surface area is 185 Å². The van der Waals surface area contributed by atoms with Gasteiger partial charge in [-0.1, -0.05) is 48.5 Å². The summed E-state index contributed by atoms with van der Waals surface area (Å²) in [5.41, 5.74) is 1.45. The Morgan fingerprint density at radius 2 is 1.29 bits per heavy atom. The Morgan fingerprint density at radius 1 is 0.645 bits per heavy atom. The summed E-state index contributed by atoms with van der Waals surface area (Å²) >= 11 is 2.90. The van der Waals surface area contributed by atoms with E-state index in [0.717, 1.165) is 11.6 Å². The van der Waals surface area contributed by atoms with Crippen LogP contribution in [0.25, 0.3) is 22.3 Å². The SMILES string of the molecule is Fc1cc(-c2ccc(-c3ccc(Br)c(F)c3F)c(F)c2)ccc1OCc1ccccc1. The van der Waals surface area contributed by atoms with Crippen molar-refractivity contribution in [2.24, 2.45) is 0 Å². The third-order valence-corrected chi connectivity index (χ3v) is 5.41. The Bertz CT molecular complexity index is 1240. The second kappa shape index (κ2) is 8.94. The fourth-order valence-corrected chi connectivity index (χ4v) is 3.49. The molecule has 0 N–H and O–H groups in total. The smallest absolute Gasteiger partial charge is 0.173 e. The van der Waals surface area contributed by atoms with Crippen LogP contribution >= 0.6 is 15.9 Å². The Kier molecular flexibility index (Phi) is 6.09. The Morgan fingerprint density at radius 3 is 1.97 bits per heavy atom. The molecule has 0 heterocycles. The van der Waals surface area contributed by atoms with Crippen LogP contribution in [0.3, 0.4) is 0 Å². The minimum Gasteiger partial charge on any atom is -0.486 e. The minimum atomic E-state index is -1.15. The van der Waals surface area contributed by atoms with Crippen LogP contribution in [0.5, 0.6) is 5.75 Å². The van der Waals surface area contributed by atoms with Crippen molar-refractivity contribution in [1.29, 1.82) is 0 Å². The molecule has 4 aromatic rings. The summed E-state index contributed by atoms with van der Waals surface area (Å²) in [4.78, 5) is 0. The van der Waals surface area contributed by atoms with Crippen molar-refractivity contribution in [3.05, 3.63) is 112 Å². The summed E-state index contributed by atoms with van der Waals surface area (Å²) in [6.45, 7) is 0.218. The molecule has 0 fully saturated rings. The van der Waals surface area contributed by atoms with E-state index in [9.17, 15) is 17.6 Å². The summed E-state index contributed by atoms with van der Waals surface area (Å²) in [6, 6.07) is 20.3. The van der Waals surface area contributed by atoms with Crippen LogP contribution in [-0.4, -0.2) is 0 Å². The highest BCUT2D eigenvalue weighted by Gasteiger charge is 2.17. The highest BCUT2D eigenvalue weighted by molar-refractivity contribution is 9.10. The first-order valence-corrected chi connectivity index (χ1v) is 10.1. The molecule has 0 aromatic heterocycles. The molecule has 0 amide bonds. The molecule has 0 radical (unpaired) electrons. The van der Waals surface area contributed by atoms with Crippen molar-refractivity contribution in [1.82, 2.24) is 0 Å². The first-order valence-electron chi connectivity index (χ1n) is 9.34. The van der Waals surface area contributed by atoms with Crippen molar-refractivity contribution in [2.75, 3.05) is 0 Å². The van der Waals surface area contributed by atoms with Crippen molar-refractivity contribution in [2.45, 2.75) is 6.61 Å². The van der Waals surface area contributed by atoms with Crippen LogP contribution < -0.4 is 4.74 Å². The molecule has 0 saturated carbocycles.